The second-order valence-electron chi connectivity index (χ2n) is 7.51. The number of anilines is 1. The first-order valence-electron chi connectivity index (χ1n) is 10.1. The molecule has 0 saturated carbocycles. The van der Waals surface area contributed by atoms with Gasteiger partial charge in [-0.2, -0.15) is 0 Å². The maximum absolute atomic E-state index is 12.7. The van der Waals surface area contributed by atoms with Gasteiger partial charge >= 0.3 is 0 Å². The highest BCUT2D eigenvalue weighted by molar-refractivity contribution is 7.92. The van der Waals surface area contributed by atoms with Crippen molar-refractivity contribution >= 4 is 21.6 Å². The summed E-state index contributed by atoms with van der Waals surface area (Å²) in [6.45, 7) is 8.35. The number of carbonyl (C=O) groups is 1. The van der Waals surface area contributed by atoms with Gasteiger partial charge in [-0.15, -0.1) is 0 Å². The molecular formula is C22H30N3O3S+. The highest BCUT2D eigenvalue weighted by Gasteiger charge is 2.26. The highest BCUT2D eigenvalue weighted by atomic mass is 32.2. The fraction of sp³-hybridized carbons (Fsp3) is 0.409. The van der Waals surface area contributed by atoms with Gasteiger partial charge in [-0.25, -0.2) is 8.42 Å². The number of fused-ring (bicyclic) bond motifs is 1. The summed E-state index contributed by atoms with van der Waals surface area (Å²) < 4.78 is 25.1. The van der Waals surface area contributed by atoms with E-state index in [0.29, 0.717) is 30.8 Å². The Kier molecular flexibility index (Phi) is 6.59. The molecule has 1 amide bonds. The molecule has 0 aromatic heterocycles. The maximum Gasteiger partial charge on any atom is 0.251 e. The highest BCUT2D eigenvalue weighted by Crippen LogP contribution is 2.30. The lowest BCUT2D eigenvalue weighted by Gasteiger charge is -2.18. The van der Waals surface area contributed by atoms with Gasteiger partial charge in [0.25, 0.3) is 5.91 Å². The van der Waals surface area contributed by atoms with Gasteiger partial charge in [-0.1, -0.05) is 24.3 Å². The zero-order chi connectivity index (χ0) is 21.0. The van der Waals surface area contributed by atoms with E-state index in [1.165, 1.54) is 21.0 Å². The van der Waals surface area contributed by atoms with Crippen molar-refractivity contribution in [3.05, 3.63) is 64.7 Å². The largest absolute Gasteiger partial charge is 0.348 e. The first-order valence-corrected chi connectivity index (χ1v) is 12.0. The second-order valence-corrected chi connectivity index (χ2v) is 9.42. The molecule has 0 bridgehead atoms. The first-order chi connectivity index (χ1) is 13.8. The Morgan fingerprint density at radius 2 is 1.79 bits per heavy atom. The summed E-state index contributed by atoms with van der Waals surface area (Å²) in [4.78, 5) is 14.2. The number of nitrogens with zero attached hydrogens (tertiary/aromatic N) is 1. The van der Waals surface area contributed by atoms with Crippen LogP contribution < -0.4 is 14.5 Å². The minimum absolute atomic E-state index is 0.143. The molecule has 2 aromatic carbocycles. The number of nitrogens with one attached hydrogen (secondary N) is 2. The van der Waals surface area contributed by atoms with Crippen LogP contribution in [0.4, 0.5) is 5.69 Å². The van der Waals surface area contributed by atoms with E-state index in [9.17, 15) is 13.2 Å². The van der Waals surface area contributed by atoms with Crippen molar-refractivity contribution in [1.29, 1.82) is 0 Å². The third-order valence-electron chi connectivity index (χ3n) is 5.59. The zero-order valence-electron chi connectivity index (χ0n) is 17.4. The standard InChI is InChI=1S/C22H29N3O3S/c1-4-24(5-2)16-20-9-7-6-8-19(20)15-23-22(26)18-10-11-21-17(14-18)12-13-25(21)29(3,27)28/h6-11,14H,4-5,12-13,15-16H2,1-3H3,(H,23,26)/p+1. The number of hydrogen-bond donors (Lipinski definition) is 2. The van der Waals surface area contributed by atoms with Gasteiger partial charge in [0.2, 0.25) is 10.0 Å². The molecule has 2 N–H and O–H groups in total. The summed E-state index contributed by atoms with van der Waals surface area (Å²) in [6.07, 6.45) is 1.83. The van der Waals surface area contributed by atoms with E-state index in [1.807, 2.05) is 18.2 Å². The number of hydrogen-bond acceptors (Lipinski definition) is 3. The molecule has 0 atom stereocenters. The number of amides is 1. The first kappa shape index (κ1) is 21.3. The maximum atomic E-state index is 12.7. The summed E-state index contributed by atoms with van der Waals surface area (Å²) in [5.41, 5.74) is 4.52. The lowest BCUT2D eigenvalue weighted by Crippen LogP contribution is -3.10. The van der Waals surface area contributed by atoms with E-state index in [1.54, 1.807) is 12.1 Å². The normalized spacial score (nSPS) is 13.6. The van der Waals surface area contributed by atoms with Gasteiger partial charge in [-0.3, -0.25) is 9.10 Å². The lowest BCUT2D eigenvalue weighted by molar-refractivity contribution is -0.910. The molecule has 0 fully saturated rings. The fourth-order valence-corrected chi connectivity index (χ4v) is 4.76. The van der Waals surface area contributed by atoms with E-state index in [2.05, 4.69) is 31.3 Å². The van der Waals surface area contributed by atoms with E-state index in [0.717, 1.165) is 30.8 Å². The second kappa shape index (κ2) is 8.97. The average molecular weight is 417 g/mol. The average Bonchev–Trinajstić information content (AvgIpc) is 3.14. The molecule has 1 aliphatic heterocycles. The summed E-state index contributed by atoms with van der Waals surface area (Å²) in [6, 6.07) is 13.5. The van der Waals surface area contributed by atoms with Crippen molar-refractivity contribution in [2.45, 2.75) is 33.4 Å². The SMILES string of the molecule is CC[NH+](CC)Cc1ccccc1CNC(=O)c1ccc2c(c1)CCN2S(C)(=O)=O. The molecule has 2 aromatic rings. The number of rotatable bonds is 8. The Balaban J connectivity index is 1.70. The van der Waals surface area contributed by atoms with Gasteiger partial charge < -0.3 is 10.2 Å². The molecule has 0 aliphatic carbocycles. The number of quaternary nitrogens is 1. The van der Waals surface area contributed by atoms with Crippen LogP contribution in [0.2, 0.25) is 0 Å². The lowest BCUT2D eigenvalue weighted by atomic mass is 10.1. The Morgan fingerprint density at radius 1 is 1.10 bits per heavy atom. The molecule has 7 heteroatoms. The van der Waals surface area contributed by atoms with E-state index in [-0.39, 0.29) is 5.91 Å². The van der Waals surface area contributed by atoms with Crippen LogP contribution in [-0.2, 0) is 29.5 Å². The van der Waals surface area contributed by atoms with Gasteiger partial charge in [0.1, 0.15) is 6.54 Å². The molecule has 29 heavy (non-hydrogen) atoms. The van der Waals surface area contributed by atoms with Crippen molar-refractivity contribution in [3.63, 3.8) is 0 Å². The predicted molar refractivity (Wildman–Crippen MR) is 116 cm³/mol. The quantitative estimate of drug-likeness (QED) is 0.683. The Labute approximate surface area is 173 Å². The van der Waals surface area contributed by atoms with Crippen LogP contribution in [0.25, 0.3) is 0 Å². The molecular weight excluding hydrogens is 386 g/mol. The van der Waals surface area contributed by atoms with Crippen molar-refractivity contribution in [2.24, 2.45) is 0 Å². The van der Waals surface area contributed by atoms with Crippen LogP contribution >= 0.6 is 0 Å². The topological polar surface area (TPSA) is 70.9 Å². The monoisotopic (exact) mass is 416 g/mol. The van der Waals surface area contributed by atoms with Crippen LogP contribution in [0.3, 0.4) is 0 Å². The molecule has 1 aliphatic rings. The smallest absolute Gasteiger partial charge is 0.251 e. The van der Waals surface area contributed by atoms with E-state index in [4.69, 9.17) is 0 Å². The van der Waals surface area contributed by atoms with Crippen LogP contribution in [0, 0.1) is 0 Å². The predicted octanol–water partition coefficient (Wildman–Crippen LogP) is 1.36. The third kappa shape index (κ3) is 4.97. The Bertz CT molecular complexity index is 985. The zero-order valence-corrected chi connectivity index (χ0v) is 18.2. The molecule has 6 nitrogen and oxygen atoms in total. The summed E-state index contributed by atoms with van der Waals surface area (Å²) in [7, 11) is -3.28. The molecule has 1 heterocycles. The number of benzene rings is 2. The van der Waals surface area contributed by atoms with Crippen LogP contribution in [-0.4, -0.2) is 40.2 Å². The van der Waals surface area contributed by atoms with Crippen molar-refractivity contribution in [1.82, 2.24) is 5.32 Å². The molecule has 0 spiro atoms. The van der Waals surface area contributed by atoms with Gasteiger partial charge in [0.15, 0.2) is 0 Å². The summed E-state index contributed by atoms with van der Waals surface area (Å²) in [5, 5.41) is 3.02. The van der Waals surface area contributed by atoms with Crippen LogP contribution in [0.15, 0.2) is 42.5 Å². The van der Waals surface area contributed by atoms with E-state index < -0.39 is 10.0 Å². The minimum atomic E-state index is -3.28. The summed E-state index contributed by atoms with van der Waals surface area (Å²) in [5.74, 6) is -0.143. The number of sulfonamides is 1. The van der Waals surface area contributed by atoms with Crippen LogP contribution in [0.5, 0.6) is 0 Å². The summed E-state index contributed by atoms with van der Waals surface area (Å²) >= 11 is 0. The Hall–Kier alpha value is -2.38. The molecule has 0 unspecified atom stereocenters. The van der Waals surface area contributed by atoms with Gasteiger partial charge in [0, 0.05) is 24.2 Å². The molecule has 0 radical (unpaired) electrons. The van der Waals surface area contributed by atoms with E-state index >= 15 is 0 Å². The van der Waals surface area contributed by atoms with Crippen molar-refractivity contribution in [2.75, 3.05) is 30.2 Å². The number of carbonyl (C=O) groups excluding carboxylic acids is 1. The van der Waals surface area contributed by atoms with Crippen molar-refractivity contribution < 1.29 is 18.1 Å². The molecule has 156 valence electrons. The van der Waals surface area contributed by atoms with Crippen molar-refractivity contribution in [3.8, 4) is 0 Å². The minimum Gasteiger partial charge on any atom is -0.348 e. The van der Waals surface area contributed by atoms with Gasteiger partial charge in [-0.05, 0) is 49.6 Å². The molecule has 3 rings (SSSR count). The van der Waals surface area contributed by atoms with Crippen LogP contribution in [0.1, 0.15) is 40.9 Å². The molecule has 0 saturated heterocycles. The fourth-order valence-electron chi connectivity index (χ4n) is 3.81. The van der Waals surface area contributed by atoms with Gasteiger partial charge in [0.05, 0.1) is 25.0 Å². The Morgan fingerprint density at radius 3 is 2.45 bits per heavy atom. The third-order valence-corrected chi connectivity index (χ3v) is 6.77.